The van der Waals surface area contributed by atoms with Crippen molar-refractivity contribution in [2.75, 3.05) is 13.2 Å². The maximum Gasteiger partial charge on any atom is 0.306 e. The van der Waals surface area contributed by atoms with Crippen LogP contribution in [0.2, 0.25) is 0 Å². The Kier molecular flexibility index (Phi) is 64.1. The molecule has 0 aromatic rings. The lowest BCUT2D eigenvalue weighted by molar-refractivity contribution is -0.167. The molecule has 1 unspecified atom stereocenters. The molecule has 0 heterocycles. The van der Waals surface area contributed by atoms with Crippen molar-refractivity contribution >= 4 is 17.9 Å². The average Bonchev–Trinajstić information content (AvgIpc) is 3.43. The van der Waals surface area contributed by atoms with Gasteiger partial charge in [-0.25, -0.2) is 0 Å². The molecule has 0 amide bonds. The van der Waals surface area contributed by atoms with Gasteiger partial charge in [-0.2, -0.15) is 0 Å². The first-order valence-electron chi connectivity index (χ1n) is 34.5. The predicted molar refractivity (Wildman–Crippen MR) is 335 cm³/mol. The molecule has 0 aromatic carbocycles. The summed E-state index contributed by atoms with van der Waals surface area (Å²) in [5.41, 5.74) is 0. The van der Waals surface area contributed by atoms with Crippen molar-refractivity contribution in [1.29, 1.82) is 0 Å². The molecule has 0 saturated carbocycles. The quantitative estimate of drug-likeness (QED) is 0.0261. The molecule has 0 aliphatic heterocycles. The molecule has 1 atom stereocenters. The van der Waals surface area contributed by atoms with Gasteiger partial charge in [0.05, 0.1) is 0 Å². The van der Waals surface area contributed by atoms with E-state index in [9.17, 15) is 14.4 Å². The van der Waals surface area contributed by atoms with Crippen molar-refractivity contribution in [1.82, 2.24) is 0 Å². The van der Waals surface area contributed by atoms with Crippen molar-refractivity contribution in [3.05, 3.63) is 36.5 Å². The monoisotopic (exact) mass is 1080 g/mol. The van der Waals surface area contributed by atoms with E-state index in [1.54, 1.807) is 0 Å². The lowest BCUT2D eigenvalue weighted by Crippen LogP contribution is -2.30. The van der Waals surface area contributed by atoms with E-state index in [1.807, 2.05) is 0 Å². The van der Waals surface area contributed by atoms with Gasteiger partial charge in [0, 0.05) is 19.3 Å². The summed E-state index contributed by atoms with van der Waals surface area (Å²) in [7, 11) is 0. The molecule has 77 heavy (non-hydrogen) atoms. The molecule has 6 nitrogen and oxygen atoms in total. The summed E-state index contributed by atoms with van der Waals surface area (Å²) in [6.45, 7) is 6.66. The van der Waals surface area contributed by atoms with E-state index in [2.05, 4.69) is 57.2 Å². The molecule has 0 saturated heterocycles. The largest absolute Gasteiger partial charge is 0.462 e. The second-order valence-corrected chi connectivity index (χ2v) is 23.4. The highest BCUT2D eigenvalue weighted by Crippen LogP contribution is 2.18. The van der Waals surface area contributed by atoms with Gasteiger partial charge in [-0.1, -0.05) is 320 Å². The minimum absolute atomic E-state index is 0.0764. The minimum Gasteiger partial charge on any atom is -0.462 e. The van der Waals surface area contributed by atoms with Crippen molar-refractivity contribution in [2.45, 2.75) is 386 Å². The van der Waals surface area contributed by atoms with Crippen LogP contribution in [0.3, 0.4) is 0 Å². The number of carbonyl (C=O) groups excluding carboxylic acids is 3. The average molecular weight is 1080 g/mol. The van der Waals surface area contributed by atoms with E-state index in [1.165, 1.54) is 250 Å². The fourth-order valence-corrected chi connectivity index (χ4v) is 10.4. The molecule has 0 aliphatic carbocycles. The van der Waals surface area contributed by atoms with E-state index >= 15 is 0 Å². The zero-order chi connectivity index (χ0) is 55.7. The zero-order valence-corrected chi connectivity index (χ0v) is 52.0. The molecule has 0 aliphatic rings. The highest BCUT2D eigenvalue weighted by molar-refractivity contribution is 5.71. The molecule has 0 radical (unpaired) electrons. The Hall–Kier alpha value is -2.37. The van der Waals surface area contributed by atoms with Crippen LogP contribution in [0.4, 0.5) is 0 Å². The van der Waals surface area contributed by atoms with Crippen LogP contribution in [-0.4, -0.2) is 37.2 Å². The maximum atomic E-state index is 12.9. The van der Waals surface area contributed by atoms with Gasteiger partial charge in [0.25, 0.3) is 0 Å². The summed E-state index contributed by atoms with van der Waals surface area (Å²) in [5.74, 6) is -0.875. The van der Waals surface area contributed by atoms with Gasteiger partial charge < -0.3 is 14.2 Å². The van der Waals surface area contributed by atoms with Gasteiger partial charge in [0.1, 0.15) is 13.2 Å². The van der Waals surface area contributed by atoms with Gasteiger partial charge in [-0.15, -0.1) is 0 Å². The Bertz CT molecular complexity index is 1290. The van der Waals surface area contributed by atoms with Crippen LogP contribution in [0.15, 0.2) is 36.5 Å². The van der Waals surface area contributed by atoms with E-state index in [4.69, 9.17) is 14.2 Å². The number of allylic oxidation sites excluding steroid dienone is 6. The van der Waals surface area contributed by atoms with Crippen LogP contribution in [0.1, 0.15) is 380 Å². The SMILES string of the molecule is CCCCCC/C=C\C/C=C\CCCCCCCC(=O)OC(COC(=O)CCCCCCC/C=C\CCCCCCC)COC(=O)CCCCCCCCCCCCCCCCCCCCCCCCCCCCCCC. The van der Waals surface area contributed by atoms with E-state index in [0.29, 0.717) is 19.3 Å². The second kappa shape index (κ2) is 66.1. The molecular formula is C71H132O6. The highest BCUT2D eigenvalue weighted by atomic mass is 16.6. The van der Waals surface area contributed by atoms with Gasteiger partial charge in [-0.05, 0) is 77.0 Å². The van der Waals surface area contributed by atoms with Gasteiger partial charge in [0.15, 0.2) is 6.10 Å². The lowest BCUT2D eigenvalue weighted by Gasteiger charge is -2.18. The molecular weight excluding hydrogens is 949 g/mol. The van der Waals surface area contributed by atoms with Gasteiger partial charge in [0.2, 0.25) is 0 Å². The number of esters is 3. The van der Waals surface area contributed by atoms with Crippen LogP contribution in [-0.2, 0) is 28.6 Å². The van der Waals surface area contributed by atoms with Crippen LogP contribution in [0, 0.1) is 0 Å². The number of rotatable bonds is 64. The molecule has 0 N–H and O–H groups in total. The molecule has 0 bridgehead atoms. The van der Waals surface area contributed by atoms with Crippen LogP contribution in [0.25, 0.3) is 0 Å². The van der Waals surface area contributed by atoms with Crippen molar-refractivity contribution in [3.63, 3.8) is 0 Å². The smallest absolute Gasteiger partial charge is 0.306 e. The van der Waals surface area contributed by atoms with E-state index in [-0.39, 0.29) is 31.1 Å². The van der Waals surface area contributed by atoms with Crippen LogP contribution >= 0.6 is 0 Å². The molecule has 0 rings (SSSR count). The highest BCUT2D eigenvalue weighted by Gasteiger charge is 2.19. The third-order valence-corrected chi connectivity index (χ3v) is 15.6. The van der Waals surface area contributed by atoms with Crippen molar-refractivity contribution in [2.24, 2.45) is 0 Å². The lowest BCUT2D eigenvalue weighted by atomic mass is 10.0. The molecule has 0 aromatic heterocycles. The fraction of sp³-hybridized carbons (Fsp3) is 0.873. The van der Waals surface area contributed by atoms with Crippen molar-refractivity contribution < 1.29 is 28.6 Å². The Labute approximate surface area is 480 Å². The Morgan fingerprint density at radius 1 is 0.260 bits per heavy atom. The molecule has 6 heteroatoms. The standard InChI is InChI=1S/C71H132O6/c1-4-7-10-13-16-19-22-25-28-30-31-32-33-34-35-36-37-38-39-40-41-42-44-46-49-52-55-58-61-64-70(73)76-67-68(66-75-69(72)63-60-57-54-51-48-45-27-24-21-18-15-12-9-6-3)77-71(74)65-62-59-56-53-50-47-43-29-26-23-20-17-14-11-8-5-2/h20,23-24,27,29,43,68H,4-19,21-22,25-26,28,30-42,44-67H2,1-3H3/b23-20-,27-24-,43-29-. The number of hydrogen-bond acceptors (Lipinski definition) is 6. The van der Waals surface area contributed by atoms with E-state index < -0.39 is 6.10 Å². The van der Waals surface area contributed by atoms with Gasteiger partial charge in [-0.3, -0.25) is 14.4 Å². The number of hydrogen-bond donors (Lipinski definition) is 0. The number of unbranched alkanes of at least 4 members (excludes halogenated alkanes) is 47. The predicted octanol–water partition coefficient (Wildman–Crippen LogP) is 23.6. The first-order chi connectivity index (χ1) is 38.0. The zero-order valence-electron chi connectivity index (χ0n) is 52.0. The third-order valence-electron chi connectivity index (χ3n) is 15.6. The van der Waals surface area contributed by atoms with Gasteiger partial charge >= 0.3 is 17.9 Å². The summed E-state index contributed by atoms with van der Waals surface area (Å²) in [4.78, 5) is 38.3. The molecule has 452 valence electrons. The first-order valence-corrected chi connectivity index (χ1v) is 34.5. The van der Waals surface area contributed by atoms with E-state index in [0.717, 1.165) is 89.9 Å². The fourth-order valence-electron chi connectivity index (χ4n) is 10.4. The summed E-state index contributed by atoms with van der Waals surface area (Å²) in [6.07, 6.45) is 81.8. The molecule has 0 spiro atoms. The second-order valence-electron chi connectivity index (χ2n) is 23.4. The van der Waals surface area contributed by atoms with Crippen LogP contribution in [0.5, 0.6) is 0 Å². The molecule has 0 fully saturated rings. The number of carbonyl (C=O) groups is 3. The Balaban J connectivity index is 4.18. The third kappa shape index (κ3) is 64.3. The topological polar surface area (TPSA) is 78.9 Å². The normalized spacial score (nSPS) is 12.2. The summed E-state index contributed by atoms with van der Waals surface area (Å²) in [6, 6.07) is 0. The Morgan fingerprint density at radius 3 is 0.740 bits per heavy atom. The first kappa shape index (κ1) is 74.6. The van der Waals surface area contributed by atoms with Crippen LogP contribution < -0.4 is 0 Å². The summed E-state index contributed by atoms with van der Waals surface area (Å²) < 4.78 is 16.9. The Morgan fingerprint density at radius 2 is 0.468 bits per heavy atom. The van der Waals surface area contributed by atoms with Crippen molar-refractivity contribution in [3.8, 4) is 0 Å². The summed E-state index contributed by atoms with van der Waals surface area (Å²) >= 11 is 0. The number of ether oxygens (including phenoxy) is 3. The maximum absolute atomic E-state index is 12.9. The minimum atomic E-state index is -0.781. The summed E-state index contributed by atoms with van der Waals surface area (Å²) in [5, 5.41) is 0.